The number of carbonyl (C=O) groups excluding carboxylic acids is 1. The van der Waals surface area contributed by atoms with Crippen molar-refractivity contribution in [1.82, 2.24) is 0 Å². The Bertz CT molecular complexity index is 1060. The maximum atomic E-state index is 12.3. The van der Waals surface area contributed by atoms with E-state index in [2.05, 4.69) is 11.9 Å². The van der Waals surface area contributed by atoms with Gasteiger partial charge in [0.25, 0.3) is 0 Å². The first-order valence-corrected chi connectivity index (χ1v) is 9.48. The standard InChI is InChI=1S/C24H21NO3/c1-2-3-15-27-19-13-11-17(12-14-19)16-22-24(26)28-23(25-22)21-10-6-8-18-7-4-5-9-20(18)21/h4-14,16H,2-3,15H2,1H3. The molecule has 0 radical (unpaired) electrons. The fraction of sp³-hybridized carbons (Fsp3) is 0.167. The summed E-state index contributed by atoms with van der Waals surface area (Å²) in [6.45, 7) is 2.84. The van der Waals surface area contributed by atoms with Crippen LogP contribution in [-0.2, 0) is 9.53 Å². The second kappa shape index (κ2) is 8.09. The van der Waals surface area contributed by atoms with Crippen LogP contribution in [0.3, 0.4) is 0 Å². The summed E-state index contributed by atoms with van der Waals surface area (Å²) in [6.07, 6.45) is 3.86. The summed E-state index contributed by atoms with van der Waals surface area (Å²) in [4.78, 5) is 16.8. The number of nitrogens with zero attached hydrogens (tertiary/aromatic N) is 1. The molecule has 4 heteroatoms. The number of aliphatic imine (C=N–C) groups is 1. The van der Waals surface area contributed by atoms with E-state index >= 15 is 0 Å². The van der Waals surface area contributed by atoms with Crippen LogP contribution in [0.1, 0.15) is 30.9 Å². The largest absolute Gasteiger partial charge is 0.494 e. The normalized spacial score (nSPS) is 15.0. The molecule has 0 saturated heterocycles. The van der Waals surface area contributed by atoms with Crippen LogP contribution in [0.2, 0.25) is 0 Å². The van der Waals surface area contributed by atoms with Crippen LogP contribution in [0.5, 0.6) is 5.75 Å². The Morgan fingerprint density at radius 1 is 1.00 bits per heavy atom. The molecule has 0 spiro atoms. The molecular weight excluding hydrogens is 350 g/mol. The number of benzene rings is 3. The SMILES string of the molecule is CCCCOc1ccc(C=C2N=C(c3cccc4ccccc34)OC2=O)cc1. The highest BCUT2D eigenvalue weighted by molar-refractivity contribution is 6.17. The van der Waals surface area contributed by atoms with Crippen LogP contribution in [0.25, 0.3) is 16.8 Å². The van der Waals surface area contributed by atoms with Crippen molar-refractivity contribution in [3.63, 3.8) is 0 Å². The lowest BCUT2D eigenvalue weighted by Crippen LogP contribution is -2.05. The summed E-state index contributed by atoms with van der Waals surface area (Å²) < 4.78 is 11.1. The molecular formula is C24H21NO3. The van der Waals surface area contributed by atoms with E-state index in [9.17, 15) is 4.79 Å². The summed E-state index contributed by atoms with van der Waals surface area (Å²) >= 11 is 0. The van der Waals surface area contributed by atoms with Crippen LogP contribution in [-0.4, -0.2) is 18.5 Å². The van der Waals surface area contributed by atoms with Gasteiger partial charge in [-0.15, -0.1) is 0 Å². The number of unbranched alkanes of at least 4 members (excludes halogenated alkanes) is 1. The van der Waals surface area contributed by atoms with Gasteiger partial charge >= 0.3 is 5.97 Å². The van der Waals surface area contributed by atoms with E-state index < -0.39 is 5.97 Å². The minimum absolute atomic E-state index is 0.294. The molecule has 0 N–H and O–H groups in total. The van der Waals surface area contributed by atoms with E-state index in [1.807, 2.05) is 66.7 Å². The van der Waals surface area contributed by atoms with E-state index in [1.54, 1.807) is 6.08 Å². The highest BCUT2D eigenvalue weighted by Crippen LogP contribution is 2.25. The summed E-state index contributed by atoms with van der Waals surface area (Å²) in [6, 6.07) is 21.5. The minimum atomic E-state index is -0.439. The molecule has 1 aliphatic rings. The zero-order valence-corrected chi connectivity index (χ0v) is 15.7. The molecule has 0 fully saturated rings. The fourth-order valence-electron chi connectivity index (χ4n) is 3.09. The van der Waals surface area contributed by atoms with Gasteiger partial charge < -0.3 is 9.47 Å². The molecule has 4 nitrogen and oxygen atoms in total. The summed E-state index contributed by atoms with van der Waals surface area (Å²) in [7, 11) is 0. The van der Waals surface area contributed by atoms with Crippen LogP contribution < -0.4 is 4.74 Å². The van der Waals surface area contributed by atoms with Crippen molar-refractivity contribution >= 4 is 28.7 Å². The first-order chi connectivity index (χ1) is 13.7. The molecule has 140 valence electrons. The van der Waals surface area contributed by atoms with Crippen molar-refractivity contribution in [2.24, 2.45) is 4.99 Å². The highest BCUT2D eigenvalue weighted by atomic mass is 16.6. The van der Waals surface area contributed by atoms with Crippen molar-refractivity contribution in [2.45, 2.75) is 19.8 Å². The van der Waals surface area contributed by atoms with Gasteiger partial charge in [-0.3, -0.25) is 0 Å². The Hall–Kier alpha value is -3.40. The topological polar surface area (TPSA) is 47.9 Å². The molecule has 4 rings (SSSR count). The smallest absolute Gasteiger partial charge is 0.363 e. The molecule has 3 aromatic rings. The molecule has 0 atom stereocenters. The molecule has 0 aromatic heterocycles. The quantitative estimate of drug-likeness (QED) is 0.333. The monoisotopic (exact) mass is 371 g/mol. The third kappa shape index (κ3) is 3.81. The van der Waals surface area contributed by atoms with Gasteiger partial charge in [-0.25, -0.2) is 9.79 Å². The predicted octanol–water partition coefficient (Wildman–Crippen LogP) is 5.36. The number of carbonyl (C=O) groups is 1. The van der Waals surface area contributed by atoms with E-state index in [4.69, 9.17) is 9.47 Å². The van der Waals surface area contributed by atoms with Crippen LogP contribution in [0, 0.1) is 0 Å². The Morgan fingerprint density at radius 2 is 1.79 bits per heavy atom. The predicted molar refractivity (Wildman–Crippen MR) is 111 cm³/mol. The Kier molecular flexibility index (Phi) is 5.20. The van der Waals surface area contributed by atoms with E-state index in [-0.39, 0.29) is 0 Å². The number of cyclic esters (lactones) is 1. The molecule has 28 heavy (non-hydrogen) atoms. The number of ether oxygens (including phenoxy) is 2. The zero-order chi connectivity index (χ0) is 19.3. The second-order valence-electron chi connectivity index (χ2n) is 6.63. The molecule has 0 amide bonds. The van der Waals surface area contributed by atoms with Crippen molar-refractivity contribution in [3.8, 4) is 5.75 Å². The lowest BCUT2D eigenvalue weighted by molar-refractivity contribution is -0.129. The second-order valence-corrected chi connectivity index (χ2v) is 6.63. The van der Waals surface area contributed by atoms with Crippen molar-refractivity contribution in [2.75, 3.05) is 6.61 Å². The summed E-state index contributed by atoms with van der Waals surface area (Å²) in [5.41, 5.74) is 1.98. The van der Waals surface area contributed by atoms with Crippen molar-refractivity contribution in [1.29, 1.82) is 0 Å². The van der Waals surface area contributed by atoms with Gasteiger partial charge in [-0.1, -0.05) is 61.9 Å². The lowest BCUT2D eigenvalue weighted by Gasteiger charge is -2.05. The number of rotatable bonds is 6. The molecule has 0 aliphatic carbocycles. The summed E-state index contributed by atoms with van der Waals surface area (Å²) in [5, 5.41) is 2.08. The van der Waals surface area contributed by atoms with Crippen LogP contribution in [0.15, 0.2) is 77.4 Å². The number of esters is 1. The van der Waals surface area contributed by atoms with E-state index in [1.165, 1.54) is 0 Å². The van der Waals surface area contributed by atoms with Gasteiger partial charge in [-0.05, 0) is 47.0 Å². The first-order valence-electron chi connectivity index (χ1n) is 9.48. The van der Waals surface area contributed by atoms with E-state index in [0.717, 1.165) is 40.5 Å². The maximum Gasteiger partial charge on any atom is 0.363 e. The molecule has 1 aliphatic heterocycles. The number of fused-ring (bicyclic) bond motifs is 1. The molecule has 0 bridgehead atoms. The highest BCUT2D eigenvalue weighted by Gasteiger charge is 2.25. The molecule has 3 aromatic carbocycles. The third-order valence-corrected chi connectivity index (χ3v) is 4.59. The van der Waals surface area contributed by atoms with Gasteiger partial charge in [0, 0.05) is 5.56 Å². The van der Waals surface area contributed by atoms with Gasteiger partial charge in [0.1, 0.15) is 5.75 Å². The Labute approximate surface area is 164 Å². The van der Waals surface area contributed by atoms with Crippen molar-refractivity contribution in [3.05, 3.63) is 83.6 Å². The molecule has 0 saturated carbocycles. The van der Waals surface area contributed by atoms with Crippen molar-refractivity contribution < 1.29 is 14.3 Å². The Balaban J connectivity index is 1.58. The molecule has 0 unspecified atom stereocenters. The lowest BCUT2D eigenvalue weighted by atomic mass is 10.0. The number of hydrogen-bond donors (Lipinski definition) is 0. The average molecular weight is 371 g/mol. The van der Waals surface area contributed by atoms with Gasteiger partial charge in [-0.2, -0.15) is 0 Å². The molecule has 1 heterocycles. The summed E-state index contributed by atoms with van der Waals surface area (Å²) in [5.74, 6) is 0.725. The average Bonchev–Trinajstić information content (AvgIpc) is 3.09. The fourth-order valence-corrected chi connectivity index (χ4v) is 3.09. The first kappa shape index (κ1) is 18.0. The van der Waals surface area contributed by atoms with Gasteiger partial charge in [0.05, 0.1) is 6.61 Å². The maximum absolute atomic E-state index is 12.3. The minimum Gasteiger partial charge on any atom is -0.494 e. The van der Waals surface area contributed by atoms with Crippen LogP contribution >= 0.6 is 0 Å². The number of hydrogen-bond acceptors (Lipinski definition) is 4. The Morgan fingerprint density at radius 3 is 2.61 bits per heavy atom. The van der Waals surface area contributed by atoms with E-state index in [0.29, 0.717) is 18.2 Å². The van der Waals surface area contributed by atoms with Gasteiger partial charge in [0.2, 0.25) is 5.90 Å². The zero-order valence-electron chi connectivity index (χ0n) is 15.7. The van der Waals surface area contributed by atoms with Crippen LogP contribution in [0.4, 0.5) is 0 Å². The third-order valence-electron chi connectivity index (χ3n) is 4.59. The van der Waals surface area contributed by atoms with Gasteiger partial charge in [0.15, 0.2) is 5.70 Å².